The van der Waals surface area contributed by atoms with Gasteiger partial charge >= 0.3 is 11.9 Å². The molecule has 0 saturated heterocycles. The van der Waals surface area contributed by atoms with Gasteiger partial charge in [-0.3, -0.25) is 14.4 Å². The Morgan fingerprint density at radius 3 is 2.11 bits per heavy atom. The van der Waals surface area contributed by atoms with Crippen LogP contribution in [-0.2, 0) is 14.4 Å². The molecule has 18 heavy (non-hydrogen) atoms. The molecule has 1 atom stereocenters. The van der Waals surface area contributed by atoms with E-state index >= 15 is 0 Å². The second-order valence-corrected chi connectivity index (χ2v) is 3.90. The third kappa shape index (κ3) is 4.01. The van der Waals surface area contributed by atoms with E-state index in [4.69, 9.17) is 10.2 Å². The van der Waals surface area contributed by atoms with Crippen molar-refractivity contribution in [3.8, 4) is 0 Å². The number of carboxylic acids is 2. The van der Waals surface area contributed by atoms with Crippen LogP contribution in [0.5, 0.6) is 0 Å². The molecule has 96 valence electrons. The summed E-state index contributed by atoms with van der Waals surface area (Å²) in [5, 5.41) is 17.5. The standard InChI is InChI=1S/C13H14O5/c14-10(7-4-8-11(15)16)12(13(17)18)9-5-2-1-3-6-9/h1-3,5-6,12H,4,7-8H2,(H,15,16)(H,17,18). The molecule has 0 radical (unpaired) electrons. The van der Waals surface area contributed by atoms with Crippen molar-refractivity contribution in [2.45, 2.75) is 25.2 Å². The average molecular weight is 250 g/mol. The topological polar surface area (TPSA) is 91.7 Å². The van der Waals surface area contributed by atoms with E-state index in [9.17, 15) is 14.4 Å². The van der Waals surface area contributed by atoms with Crippen LogP contribution in [0.4, 0.5) is 0 Å². The van der Waals surface area contributed by atoms with E-state index in [1.54, 1.807) is 30.3 Å². The summed E-state index contributed by atoms with van der Waals surface area (Å²) in [6.07, 6.45) is -0.0180. The van der Waals surface area contributed by atoms with Gasteiger partial charge in [-0.25, -0.2) is 0 Å². The molecule has 0 aromatic heterocycles. The van der Waals surface area contributed by atoms with Gasteiger partial charge in [0.2, 0.25) is 0 Å². The van der Waals surface area contributed by atoms with Crippen molar-refractivity contribution in [3.63, 3.8) is 0 Å². The summed E-state index contributed by atoms with van der Waals surface area (Å²) in [6, 6.07) is 8.21. The first kappa shape index (κ1) is 13.9. The number of hydrogen-bond acceptors (Lipinski definition) is 3. The fraction of sp³-hybridized carbons (Fsp3) is 0.308. The molecule has 1 rings (SSSR count). The lowest BCUT2D eigenvalue weighted by molar-refractivity contribution is -0.142. The van der Waals surface area contributed by atoms with Crippen LogP contribution in [0.25, 0.3) is 0 Å². The van der Waals surface area contributed by atoms with Crippen molar-refractivity contribution < 1.29 is 24.6 Å². The summed E-state index contributed by atoms with van der Waals surface area (Å²) >= 11 is 0. The maximum absolute atomic E-state index is 11.8. The van der Waals surface area contributed by atoms with Gasteiger partial charge in [0.15, 0.2) is 5.78 Å². The third-order valence-electron chi connectivity index (χ3n) is 2.52. The van der Waals surface area contributed by atoms with Gasteiger partial charge in [-0.1, -0.05) is 30.3 Å². The number of Topliss-reactive ketones (excluding diaryl/α,β-unsaturated/α-hetero) is 1. The fourth-order valence-corrected chi connectivity index (χ4v) is 1.67. The Balaban J connectivity index is 2.71. The maximum Gasteiger partial charge on any atom is 0.318 e. The zero-order valence-electron chi connectivity index (χ0n) is 9.70. The van der Waals surface area contributed by atoms with E-state index < -0.39 is 23.6 Å². The normalized spacial score (nSPS) is 11.8. The average Bonchev–Trinajstić information content (AvgIpc) is 2.29. The van der Waals surface area contributed by atoms with Gasteiger partial charge in [-0.15, -0.1) is 0 Å². The molecule has 0 saturated carbocycles. The summed E-state index contributed by atoms with van der Waals surface area (Å²) in [4.78, 5) is 33.2. The van der Waals surface area contributed by atoms with Crippen molar-refractivity contribution >= 4 is 17.7 Å². The van der Waals surface area contributed by atoms with Gasteiger partial charge in [0.1, 0.15) is 5.92 Å². The summed E-state index contributed by atoms with van der Waals surface area (Å²) in [6.45, 7) is 0. The van der Waals surface area contributed by atoms with Gasteiger partial charge in [0.05, 0.1) is 0 Å². The molecule has 5 heteroatoms. The van der Waals surface area contributed by atoms with E-state index in [1.807, 2.05) is 0 Å². The monoisotopic (exact) mass is 250 g/mol. The lowest BCUT2D eigenvalue weighted by Gasteiger charge is -2.11. The smallest absolute Gasteiger partial charge is 0.318 e. The molecule has 2 N–H and O–H groups in total. The van der Waals surface area contributed by atoms with Crippen LogP contribution in [0.2, 0.25) is 0 Å². The number of aliphatic carboxylic acids is 2. The molecule has 5 nitrogen and oxygen atoms in total. The molecule has 0 spiro atoms. The lowest BCUT2D eigenvalue weighted by Crippen LogP contribution is -2.21. The second kappa shape index (κ2) is 6.54. The first-order chi connectivity index (χ1) is 8.52. The van der Waals surface area contributed by atoms with Crippen LogP contribution < -0.4 is 0 Å². The van der Waals surface area contributed by atoms with Crippen LogP contribution in [0.1, 0.15) is 30.7 Å². The SMILES string of the molecule is O=C(O)CCCC(=O)C(C(=O)O)c1ccccc1. The molecule has 0 aliphatic heterocycles. The third-order valence-corrected chi connectivity index (χ3v) is 2.52. The largest absolute Gasteiger partial charge is 0.481 e. The Morgan fingerprint density at radius 2 is 1.61 bits per heavy atom. The molecule has 0 amide bonds. The van der Waals surface area contributed by atoms with E-state index in [-0.39, 0.29) is 19.3 Å². The van der Waals surface area contributed by atoms with Crippen molar-refractivity contribution in [1.82, 2.24) is 0 Å². The number of carboxylic acid groups (broad SMARTS) is 2. The molecule has 1 aromatic carbocycles. The van der Waals surface area contributed by atoms with Crippen molar-refractivity contribution in [1.29, 1.82) is 0 Å². The Labute approximate surface area is 104 Å². The molecule has 1 unspecified atom stereocenters. The highest BCUT2D eigenvalue weighted by atomic mass is 16.4. The second-order valence-electron chi connectivity index (χ2n) is 3.90. The number of benzene rings is 1. The first-order valence-electron chi connectivity index (χ1n) is 5.54. The van der Waals surface area contributed by atoms with Crippen LogP contribution in [0.3, 0.4) is 0 Å². The minimum atomic E-state index is -1.21. The summed E-state index contributed by atoms with van der Waals surface area (Å²) in [7, 11) is 0. The molecule has 0 aliphatic rings. The van der Waals surface area contributed by atoms with E-state index in [2.05, 4.69) is 0 Å². The number of hydrogen-bond donors (Lipinski definition) is 2. The number of carbonyl (C=O) groups excluding carboxylic acids is 1. The molecule has 1 aromatic rings. The van der Waals surface area contributed by atoms with Crippen LogP contribution in [0, 0.1) is 0 Å². The van der Waals surface area contributed by atoms with Gasteiger partial charge in [0, 0.05) is 12.8 Å². The number of carbonyl (C=O) groups is 3. The molecule has 0 aliphatic carbocycles. The predicted octanol–water partition coefficient (Wildman–Crippen LogP) is 1.68. The van der Waals surface area contributed by atoms with Crippen molar-refractivity contribution in [3.05, 3.63) is 35.9 Å². The fourth-order valence-electron chi connectivity index (χ4n) is 1.67. The highest BCUT2D eigenvalue weighted by molar-refractivity contribution is 6.03. The Bertz CT molecular complexity index is 438. The molecular weight excluding hydrogens is 236 g/mol. The maximum atomic E-state index is 11.8. The number of ketones is 1. The van der Waals surface area contributed by atoms with Gasteiger partial charge in [-0.05, 0) is 12.0 Å². The Kier molecular flexibility index (Phi) is 5.05. The van der Waals surface area contributed by atoms with Crippen molar-refractivity contribution in [2.24, 2.45) is 0 Å². The first-order valence-corrected chi connectivity index (χ1v) is 5.54. The van der Waals surface area contributed by atoms with Crippen molar-refractivity contribution in [2.75, 3.05) is 0 Å². The Hall–Kier alpha value is -2.17. The van der Waals surface area contributed by atoms with Crippen LogP contribution in [0.15, 0.2) is 30.3 Å². The molecule has 0 heterocycles. The van der Waals surface area contributed by atoms with E-state index in [0.717, 1.165) is 0 Å². The molecule has 0 bridgehead atoms. The minimum Gasteiger partial charge on any atom is -0.481 e. The van der Waals surface area contributed by atoms with Gasteiger partial charge in [0.25, 0.3) is 0 Å². The highest BCUT2D eigenvalue weighted by Gasteiger charge is 2.27. The van der Waals surface area contributed by atoms with E-state index in [1.165, 1.54) is 0 Å². The lowest BCUT2D eigenvalue weighted by atomic mass is 9.92. The molecule has 0 fully saturated rings. The summed E-state index contributed by atoms with van der Waals surface area (Å²) in [5.74, 6) is -3.87. The zero-order valence-corrected chi connectivity index (χ0v) is 9.70. The Morgan fingerprint density at radius 1 is 1.00 bits per heavy atom. The number of rotatable bonds is 7. The quantitative estimate of drug-likeness (QED) is 0.718. The van der Waals surface area contributed by atoms with E-state index in [0.29, 0.717) is 5.56 Å². The van der Waals surface area contributed by atoms with Crippen LogP contribution >= 0.6 is 0 Å². The predicted molar refractivity (Wildman–Crippen MR) is 63.3 cm³/mol. The minimum absolute atomic E-state index is 0.0435. The van der Waals surface area contributed by atoms with Gasteiger partial charge in [-0.2, -0.15) is 0 Å². The van der Waals surface area contributed by atoms with Gasteiger partial charge < -0.3 is 10.2 Å². The highest BCUT2D eigenvalue weighted by Crippen LogP contribution is 2.19. The summed E-state index contributed by atoms with van der Waals surface area (Å²) < 4.78 is 0. The zero-order chi connectivity index (χ0) is 13.5. The summed E-state index contributed by atoms with van der Waals surface area (Å²) in [5.41, 5.74) is 0.422. The van der Waals surface area contributed by atoms with Crippen LogP contribution in [-0.4, -0.2) is 27.9 Å². The molecular formula is C13H14O5.